The monoisotopic (exact) mass is 178 g/mol. The summed E-state index contributed by atoms with van der Waals surface area (Å²) in [6.45, 7) is 6.07. The van der Waals surface area contributed by atoms with Gasteiger partial charge in [-0.15, -0.1) is 0 Å². The lowest BCUT2D eigenvalue weighted by Crippen LogP contribution is -2.33. The number of hydrogen-bond donors (Lipinski definition) is 1. The van der Waals surface area contributed by atoms with Crippen LogP contribution in [0.4, 0.5) is 0 Å². The Morgan fingerprint density at radius 1 is 1.31 bits per heavy atom. The Morgan fingerprint density at radius 3 is 2.23 bits per heavy atom. The van der Waals surface area contributed by atoms with E-state index < -0.39 is 0 Å². The van der Waals surface area contributed by atoms with E-state index in [-0.39, 0.29) is 11.5 Å². The van der Waals surface area contributed by atoms with Gasteiger partial charge in [0.05, 0.1) is 6.10 Å². The number of aliphatic hydroxyl groups is 1. The van der Waals surface area contributed by atoms with Crippen LogP contribution in [-0.2, 0) is 5.41 Å². The standard InChI is InChI=1S/C12H18O/c1-4-12(3,10(2)13)11-8-6-5-7-9-11/h5-10,13H,4H2,1-3H3/t10-,12+/m0/s1. The molecule has 1 N–H and O–H groups in total. The van der Waals surface area contributed by atoms with Gasteiger partial charge < -0.3 is 5.11 Å². The molecule has 1 aromatic carbocycles. The van der Waals surface area contributed by atoms with E-state index in [1.807, 2.05) is 25.1 Å². The zero-order valence-electron chi connectivity index (χ0n) is 8.62. The van der Waals surface area contributed by atoms with E-state index in [2.05, 4.69) is 26.0 Å². The van der Waals surface area contributed by atoms with Crippen molar-refractivity contribution in [3.63, 3.8) is 0 Å². The molecule has 1 heteroatoms. The minimum Gasteiger partial charge on any atom is -0.393 e. The van der Waals surface area contributed by atoms with Crippen molar-refractivity contribution >= 4 is 0 Å². The molecule has 0 aliphatic carbocycles. The average molecular weight is 178 g/mol. The van der Waals surface area contributed by atoms with Gasteiger partial charge in [0.25, 0.3) is 0 Å². The third-order valence-corrected chi connectivity index (χ3v) is 3.09. The van der Waals surface area contributed by atoms with E-state index in [1.54, 1.807) is 0 Å². The first-order valence-electron chi connectivity index (χ1n) is 4.85. The molecule has 0 fully saturated rings. The molecule has 0 spiro atoms. The van der Waals surface area contributed by atoms with Crippen LogP contribution in [0.15, 0.2) is 30.3 Å². The first kappa shape index (κ1) is 10.3. The Bertz CT molecular complexity index is 253. The number of hydrogen-bond acceptors (Lipinski definition) is 1. The van der Waals surface area contributed by atoms with Crippen molar-refractivity contribution in [2.75, 3.05) is 0 Å². The minimum atomic E-state index is -0.306. The van der Waals surface area contributed by atoms with E-state index in [4.69, 9.17) is 0 Å². The minimum absolute atomic E-state index is 0.110. The van der Waals surface area contributed by atoms with Crippen molar-refractivity contribution in [2.24, 2.45) is 0 Å². The van der Waals surface area contributed by atoms with Crippen LogP contribution in [0, 0.1) is 0 Å². The molecule has 1 nitrogen and oxygen atoms in total. The van der Waals surface area contributed by atoms with Crippen LogP contribution < -0.4 is 0 Å². The van der Waals surface area contributed by atoms with E-state index >= 15 is 0 Å². The fourth-order valence-electron chi connectivity index (χ4n) is 1.56. The molecule has 72 valence electrons. The second-order valence-electron chi connectivity index (χ2n) is 3.81. The van der Waals surface area contributed by atoms with Gasteiger partial charge in [-0.25, -0.2) is 0 Å². The van der Waals surface area contributed by atoms with E-state index in [0.29, 0.717) is 0 Å². The van der Waals surface area contributed by atoms with Gasteiger partial charge >= 0.3 is 0 Å². The molecule has 0 heterocycles. The van der Waals surface area contributed by atoms with Gasteiger partial charge in [-0.2, -0.15) is 0 Å². The van der Waals surface area contributed by atoms with Crippen molar-refractivity contribution < 1.29 is 5.11 Å². The molecule has 2 atom stereocenters. The largest absolute Gasteiger partial charge is 0.393 e. The van der Waals surface area contributed by atoms with Crippen molar-refractivity contribution in [3.8, 4) is 0 Å². The van der Waals surface area contributed by atoms with Gasteiger partial charge in [-0.1, -0.05) is 44.2 Å². The Morgan fingerprint density at radius 2 is 1.85 bits per heavy atom. The fourth-order valence-corrected chi connectivity index (χ4v) is 1.56. The summed E-state index contributed by atoms with van der Waals surface area (Å²) in [5.74, 6) is 0. The smallest absolute Gasteiger partial charge is 0.0605 e. The quantitative estimate of drug-likeness (QED) is 0.754. The molecule has 0 unspecified atom stereocenters. The molecular formula is C12H18O. The maximum atomic E-state index is 9.72. The molecular weight excluding hydrogens is 160 g/mol. The van der Waals surface area contributed by atoms with Crippen LogP contribution in [0.2, 0.25) is 0 Å². The first-order valence-corrected chi connectivity index (χ1v) is 4.85. The molecule has 0 bridgehead atoms. The molecule has 1 rings (SSSR count). The van der Waals surface area contributed by atoms with E-state index in [1.165, 1.54) is 5.56 Å². The highest BCUT2D eigenvalue weighted by Crippen LogP contribution is 2.30. The lowest BCUT2D eigenvalue weighted by Gasteiger charge is -2.32. The SMILES string of the molecule is CC[C@@](C)(c1ccccc1)[C@H](C)O. The molecule has 13 heavy (non-hydrogen) atoms. The van der Waals surface area contributed by atoms with Crippen molar-refractivity contribution in [3.05, 3.63) is 35.9 Å². The highest BCUT2D eigenvalue weighted by molar-refractivity contribution is 5.25. The van der Waals surface area contributed by atoms with Gasteiger partial charge in [-0.3, -0.25) is 0 Å². The second kappa shape index (κ2) is 3.93. The first-order chi connectivity index (χ1) is 6.11. The maximum Gasteiger partial charge on any atom is 0.0605 e. The molecule has 0 aromatic heterocycles. The molecule has 1 aromatic rings. The normalized spacial score (nSPS) is 17.8. The van der Waals surface area contributed by atoms with Crippen LogP contribution >= 0.6 is 0 Å². The Labute approximate surface area is 80.4 Å². The Balaban J connectivity index is 3.03. The van der Waals surface area contributed by atoms with Gasteiger partial charge in [0.15, 0.2) is 0 Å². The predicted octanol–water partition coefficient (Wildman–Crippen LogP) is 2.74. The van der Waals surface area contributed by atoms with Crippen LogP contribution in [-0.4, -0.2) is 11.2 Å². The molecule has 0 saturated carbocycles. The highest BCUT2D eigenvalue weighted by Gasteiger charge is 2.29. The van der Waals surface area contributed by atoms with Gasteiger partial charge in [-0.05, 0) is 18.9 Å². The summed E-state index contributed by atoms with van der Waals surface area (Å²) < 4.78 is 0. The van der Waals surface area contributed by atoms with Gasteiger partial charge in [0.2, 0.25) is 0 Å². The number of aliphatic hydroxyl groups excluding tert-OH is 1. The number of rotatable bonds is 3. The van der Waals surface area contributed by atoms with Crippen LogP contribution in [0.25, 0.3) is 0 Å². The summed E-state index contributed by atoms with van der Waals surface area (Å²) in [7, 11) is 0. The Hall–Kier alpha value is -0.820. The third-order valence-electron chi connectivity index (χ3n) is 3.09. The molecule has 0 amide bonds. The highest BCUT2D eigenvalue weighted by atomic mass is 16.3. The summed E-state index contributed by atoms with van der Waals surface area (Å²) >= 11 is 0. The number of benzene rings is 1. The summed E-state index contributed by atoms with van der Waals surface area (Å²) in [4.78, 5) is 0. The molecule has 0 aliphatic heterocycles. The van der Waals surface area contributed by atoms with Gasteiger partial charge in [0.1, 0.15) is 0 Å². The van der Waals surface area contributed by atoms with Crippen LogP contribution in [0.1, 0.15) is 32.8 Å². The Kier molecular flexibility index (Phi) is 3.10. The third kappa shape index (κ3) is 1.92. The summed E-state index contributed by atoms with van der Waals surface area (Å²) in [6.07, 6.45) is 0.647. The van der Waals surface area contributed by atoms with E-state index in [9.17, 15) is 5.11 Å². The zero-order valence-corrected chi connectivity index (χ0v) is 8.62. The van der Waals surface area contributed by atoms with Crippen molar-refractivity contribution in [2.45, 2.75) is 38.7 Å². The summed E-state index contributed by atoms with van der Waals surface area (Å²) in [6, 6.07) is 10.2. The van der Waals surface area contributed by atoms with Crippen molar-refractivity contribution in [1.29, 1.82) is 0 Å². The zero-order chi connectivity index (χ0) is 9.90. The van der Waals surface area contributed by atoms with E-state index in [0.717, 1.165) is 6.42 Å². The second-order valence-corrected chi connectivity index (χ2v) is 3.81. The average Bonchev–Trinajstić information content (AvgIpc) is 2.17. The summed E-state index contributed by atoms with van der Waals surface area (Å²) in [5, 5.41) is 9.72. The van der Waals surface area contributed by atoms with Crippen LogP contribution in [0.3, 0.4) is 0 Å². The summed E-state index contributed by atoms with van der Waals surface area (Å²) in [5.41, 5.74) is 1.11. The molecule has 0 radical (unpaired) electrons. The predicted molar refractivity (Wildman–Crippen MR) is 55.8 cm³/mol. The maximum absolute atomic E-state index is 9.72. The molecule has 0 saturated heterocycles. The topological polar surface area (TPSA) is 20.2 Å². The molecule has 0 aliphatic rings. The van der Waals surface area contributed by atoms with Gasteiger partial charge in [0, 0.05) is 5.41 Å². The lowest BCUT2D eigenvalue weighted by molar-refractivity contribution is 0.104. The lowest BCUT2D eigenvalue weighted by atomic mass is 9.76. The van der Waals surface area contributed by atoms with Crippen molar-refractivity contribution in [1.82, 2.24) is 0 Å². The fraction of sp³-hybridized carbons (Fsp3) is 0.500. The van der Waals surface area contributed by atoms with Crippen LogP contribution in [0.5, 0.6) is 0 Å².